The molecule has 1 amide bonds. The van der Waals surface area contributed by atoms with Crippen LogP contribution in [0.1, 0.15) is 23.2 Å². The molecule has 1 aromatic carbocycles. The molecule has 3 heterocycles. The third-order valence-corrected chi connectivity index (χ3v) is 4.21. The lowest BCUT2D eigenvalue weighted by atomic mass is 10.1. The largest absolute Gasteiger partial charge is 0.489 e. The number of carbonyl (C=O) groups is 1. The number of amides is 1. The average molecular weight is 299 g/mol. The zero-order valence-corrected chi connectivity index (χ0v) is 12.4. The number of aryl methyl sites for hydroxylation is 1. The summed E-state index contributed by atoms with van der Waals surface area (Å²) >= 11 is 0. The maximum atomic E-state index is 12.9. The number of benzene rings is 1. The standard InChI is InChI=1S/C16H17N3O3/c1-2-12-14(17-10-22-12)16(20)19-7-6-18-8-9-21-13-5-3-4-11(19)15(13)18/h3-5,10H,2,6-9H2,1H3. The molecule has 6 heteroatoms. The third-order valence-electron chi connectivity index (χ3n) is 4.21. The first-order valence-corrected chi connectivity index (χ1v) is 7.54. The van der Waals surface area contributed by atoms with E-state index >= 15 is 0 Å². The Labute approximate surface area is 128 Å². The molecule has 6 nitrogen and oxygen atoms in total. The van der Waals surface area contributed by atoms with E-state index in [-0.39, 0.29) is 5.91 Å². The molecule has 0 N–H and O–H groups in total. The zero-order chi connectivity index (χ0) is 15.1. The fourth-order valence-electron chi connectivity index (χ4n) is 3.14. The fraction of sp³-hybridized carbons (Fsp3) is 0.375. The van der Waals surface area contributed by atoms with Crippen molar-refractivity contribution in [3.8, 4) is 5.75 Å². The van der Waals surface area contributed by atoms with Crippen molar-refractivity contribution < 1.29 is 13.9 Å². The van der Waals surface area contributed by atoms with Crippen LogP contribution in [0.15, 0.2) is 29.0 Å². The number of para-hydroxylation sites is 1. The Hall–Kier alpha value is -2.50. The number of anilines is 2. The van der Waals surface area contributed by atoms with Crippen LogP contribution in [-0.2, 0) is 6.42 Å². The molecule has 4 rings (SSSR count). The third kappa shape index (κ3) is 1.87. The number of ether oxygens (including phenoxy) is 1. The number of hydrogen-bond acceptors (Lipinski definition) is 5. The lowest BCUT2D eigenvalue weighted by Gasteiger charge is -2.40. The van der Waals surface area contributed by atoms with E-state index < -0.39 is 0 Å². The summed E-state index contributed by atoms with van der Waals surface area (Å²) in [7, 11) is 0. The Morgan fingerprint density at radius 3 is 3.09 bits per heavy atom. The van der Waals surface area contributed by atoms with E-state index in [4.69, 9.17) is 9.15 Å². The number of oxazole rings is 1. The monoisotopic (exact) mass is 299 g/mol. The van der Waals surface area contributed by atoms with E-state index in [0.29, 0.717) is 31.0 Å². The van der Waals surface area contributed by atoms with Crippen molar-refractivity contribution in [3.63, 3.8) is 0 Å². The van der Waals surface area contributed by atoms with Crippen LogP contribution >= 0.6 is 0 Å². The highest BCUT2D eigenvalue weighted by atomic mass is 16.5. The molecule has 0 radical (unpaired) electrons. The van der Waals surface area contributed by atoms with Crippen LogP contribution in [0, 0.1) is 0 Å². The minimum absolute atomic E-state index is 0.107. The fourth-order valence-corrected chi connectivity index (χ4v) is 3.14. The minimum atomic E-state index is -0.107. The second kappa shape index (κ2) is 5.05. The summed E-state index contributed by atoms with van der Waals surface area (Å²) in [4.78, 5) is 21.0. The summed E-state index contributed by atoms with van der Waals surface area (Å²) in [6.45, 7) is 4.95. The summed E-state index contributed by atoms with van der Waals surface area (Å²) in [6, 6.07) is 5.84. The van der Waals surface area contributed by atoms with Gasteiger partial charge in [0.25, 0.3) is 5.91 Å². The lowest BCUT2D eigenvalue weighted by molar-refractivity contribution is 0.0980. The van der Waals surface area contributed by atoms with Crippen molar-refractivity contribution in [3.05, 3.63) is 36.0 Å². The summed E-state index contributed by atoms with van der Waals surface area (Å²) in [5.41, 5.74) is 2.30. The van der Waals surface area contributed by atoms with E-state index in [9.17, 15) is 4.79 Å². The molecule has 2 aliphatic heterocycles. The van der Waals surface area contributed by atoms with E-state index in [1.54, 1.807) is 4.90 Å². The highest BCUT2D eigenvalue weighted by Crippen LogP contribution is 2.43. The molecule has 0 bridgehead atoms. The van der Waals surface area contributed by atoms with Crippen LogP contribution in [0.3, 0.4) is 0 Å². The van der Waals surface area contributed by atoms with Gasteiger partial charge in [-0.2, -0.15) is 0 Å². The number of hydrogen-bond donors (Lipinski definition) is 0. The molecule has 0 fully saturated rings. The molecular formula is C16H17N3O3. The van der Waals surface area contributed by atoms with Gasteiger partial charge in [0.2, 0.25) is 0 Å². The van der Waals surface area contributed by atoms with E-state index in [0.717, 1.165) is 30.2 Å². The molecule has 0 spiro atoms. The first-order valence-electron chi connectivity index (χ1n) is 7.54. The molecule has 0 saturated heterocycles. The molecule has 22 heavy (non-hydrogen) atoms. The van der Waals surface area contributed by atoms with Gasteiger partial charge in [0.15, 0.2) is 12.1 Å². The Balaban J connectivity index is 1.77. The van der Waals surface area contributed by atoms with Gasteiger partial charge >= 0.3 is 0 Å². The molecule has 1 aromatic heterocycles. The van der Waals surface area contributed by atoms with Gasteiger partial charge in [-0.3, -0.25) is 4.79 Å². The highest BCUT2D eigenvalue weighted by molar-refractivity contribution is 6.08. The molecule has 0 unspecified atom stereocenters. The Kier molecular flexibility index (Phi) is 3.03. The summed E-state index contributed by atoms with van der Waals surface area (Å²) < 4.78 is 11.0. The van der Waals surface area contributed by atoms with Gasteiger partial charge in [0.1, 0.15) is 23.8 Å². The van der Waals surface area contributed by atoms with Gasteiger partial charge < -0.3 is 19.0 Å². The summed E-state index contributed by atoms with van der Waals surface area (Å²) in [5, 5.41) is 0. The number of aromatic nitrogens is 1. The van der Waals surface area contributed by atoms with Gasteiger partial charge in [-0.05, 0) is 12.1 Å². The van der Waals surface area contributed by atoms with E-state index in [2.05, 4.69) is 9.88 Å². The van der Waals surface area contributed by atoms with Crippen LogP contribution in [0.2, 0.25) is 0 Å². The highest BCUT2D eigenvalue weighted by Gasteiger charge is 2.33. The number of rotatable bonds is 2. The quantitative estimate of drug-likeness (QED) is 0.850. The molecule has 2 aromatic rings. The summed E-state index contributed by atoms with van der Waals surface area (Å²) in [6.07, 6.45) is 1.99. The predicted octanol–water partition coefficient (Wildman–Crippen LogP) is 2.10. The molecule has 0 aliphatic carbocycles. The summed E-state index contributed by atoms with van der Waals surface area (Å²) in [5.74, 6) is 1.37. The predicted molar refractivity (Wildman–Crippen MR) is 81.7 cm³/mol. The number of nitrogens with zero attached hydrogens (tertiary/aromatic N) is 3. The van der Waals surface area contributed by atoms with Gasteiger partial charge in [-0.15, -0.1) is 0 Å². The van der Waals surface area contributed by atoms with Crippen molar-refractivity contribution in [2.45, 2.75) is 13.3 Å². The second-order valence-corrected chi connectivity index (χ2v) is 5.39. The maximum absolute atomic E-state index is 12.9. The SMILES string of the molecule is CCc1ocnc1C(=O)N1CCN2CCOc3cccc1c32. The van der Waals surface area contributed by atoms with Crippen molar-refractivity contribution in [1.82, 2.24) is 4.98 Å². The van der Waals surface area contributed by atoms with Crippen LogP contribution in [-0.4, -0.2) is 37.1 Å². The lowest BCUT2D eigenvalue weighted by Crippen LogP contribution is -2.47. The maximum Gasteiger partial charge on any atom is 0.280 e. The van der Waals surface area contributed by atoms with Gasteiger partial charge in [0.05, 0.1) is 12.2 Å². The van der Waals surface area contributed by atoms with Crippen LogP contribution in [0.25, 0.3) is 0 Å². The van der Waals surface area contributed by atoms with Gasteiger partial charge in [-0.25, -0.2) is 4.98 Å². The Bertz CT molecular complexity index is 725. The van der Waals surface area contributed by atoms with Crippen LogP contribution < -0.4 is 14.5 Å². The smallest absolute Gasteiger partial charge is 0.280 e. The van der Waals surface area contributed by atoms with Crippen molar-refractivity contribution in [2.24, 2.45) is 0 Å². The van der Waals surface area contributed by atoms with Crippen LogP contribution in [0.4, 0.5) is 11.4 Å². The van der Waals surface area contributed by atoms with Crippen molar-refractivity contribution in [1.29, 1.82) is 0 Å². The van der Waals surface area contributed by atoms with Crippen LogP contribution in [0.5, 0.6) is 5.75 Å². The molecule has 114 valence electrons. The normalized spacial score (nSPS) is 16.2. The number of carbonyl (C=O) groups excluding carboxylic acids is 1. The zero-order valence-electron chi connectivity index (χ0n) is 12.4. The second-order valence-electron chi connectivity index (χ2n) is 5.39. The van der Waals surface area contributed by atoms with E-state index in [1.165, 1.54) is 6.39 Å². The first kappa shape index (κ1) is 13.2. The topological polar surface area (TPSA) is 58.8 Å². The Morgan fingerprint density at radius 2 is 2.23 bits per heavy atom. The molecular weight excluding hydrogens is 282 g/mol. The van der Waals surface area contributed by atoms with Crippen molar-refractivity contribution in [2.75, 3.05) is 36.0 Å². The van der Waals surface area contributed by atoms with Crippen molar-refractivity contribution >= 4 is 17.3 Å². The minimum Gasteiger partial charge on any atom is -0.489 e. The first-order chi connectivity index (χ1) is 10.8. The van der Waals surface area contributed by atoms with Gasteiger partial charge in [-0.1, -0.05) is 13.0 Å². The molecule has 0 saturated carbocycles. The molecule has 0 atom stereocenters. The average Bonchev–Trinajstić information content (AvgIpc) is 3.04. The van der Waals surface area contributed by atoms with Gasteiger partial charge in [0, 0.05) is 19.5 Å². The molecule has 2 aliphatic rings. The van der Waals surface area contributed by atoms with E-state index in [1.807, 2.05) is 25.1 Å². The Morgan fingerprint density at radius 1 is 1.32 bits per heavy atom.